The summed E-state index contributed by atoms with van der Waals surface area (Å²) in [5, 5.41) is 3.50. The van der Waals surface area contributed by atoms with Crippen molar-refractivity contribution in [2.24, 2.45) is 22.6 Å². The molecule has 2 unspecified atom stereocenters. The highest BCUT2D eigenvalue weighted by molar-refractivity contribution is 9.11. The average Bonchev–Trinajstić information content (AvgIpc) is 3.49. The van der Waals surface area contributed by atoms with Gasteiger partial charge in [0.2, 0.25) is 5.91 Å². The van der Waals surface area contributed by atoms with Crippen molar-refractivity contribution in [3.05, 3.63) is 87.9 Å². The maximum atomic E-state index is 14.1. The molecule has 1 aromatic heterocycles. The van der Waals surface area contributed by atoms with Gasteiger partial charge in [0, 0.05) is 60.4 Å². The standard InChI is InChI=1S/C32H42BrN5O/c1-23(36-21-25-10-8-16-35-20-25)18-29(37-30(19-34)24(2)33)28-15-9-17-38(22-28)32(39)31(27-13-6-7-14-27)26-11-4-3-5-12-26/h3-5,8,10-12,16,18,20,27-28,31,36H,6-7,9,13-15,17,19,21-22,34H2,1-2H3/b23-18+,30-24-,37-29+. The monoisotopic (exact) mass is 591 g/mol. The van der Waals surface area contributed by atoms with Gasteiger partial charge in [0.25, 0.3) is 0 Å². The van der Waals surface area contributed by atoms with Gasteiger partial charge in [0.15, 0.2) is 0 Å². The van der Waals surface area contributed by atoms with Crippen LogP contribution in [-0.4, -0.2) is 41.1 Å². The van der Waals surface area contributed by atoms with E-state index < -0.39 is 0 Å². The van der Waals surface area contributed by atoms with Crippen LogP contribution in [0.1, 0.15) is 69.4 Å². The van der Waals surface area contributed by atoms with E-state index in [1.54, 1.807) is 6.20 Å². The number of carbonyl (C=O) groups excluding carboxylic acids is 1. The van der Waals surface area contributed by atoms with Crippen LogP contribution in [0.5, 0.6) is 0 Å². The van der Waals surface area contributed by atoms with E-state index in [0.717, 1.165) is 64.9 Å². The maximum Gasteiger partial charge on any atom is 0.230 e. The lowest BCUT2D eigenvalue weighted by Gasteiger charge is -2.37. The van der Waals surface area contributed by atoms with Crippen molar-refractivity contribution < 1.29 is 4.79 Å². The molecule has 1 aliphatic heterocycles. The zero-order valence-corrected chi connectivity index (χ0v) is 24.9. The number of amides is 1. The van der Waals surface area contributed by atoms with Crippen LogP contribution in [0, 0.1) is 11.8 Å². The Kier molecular flexibility index (Phi) is 10.9. The first kappa shape index (κ1) is 29.2. The van der Waals surface area contributed by atoms with Gasteiger partial charge in [0.1, 0.15) is 0 Å². The van der Waals surface area contributed by atoms with Crippen molar-refractivity contribution in [2.75, 3.05) is 19.6 Å². The Labute approximate surface area is 242 Å². The number of hydrogen-bond acceptors (Lipinski definition) is 5. The number of nitrogens with zero attached hydrogens (tertiary/aromatic N) is 3. The van der Waals surface area contributed by atoms with Gasteiger partial charge in [-0.3, -0.25) is 14.8 Å². The average molecular weight is 593 g/mol. The van der Waals surface area contributed by atoms with Crippen LogP contribution >= 0.6 is 15.9 Å². The van der Waals surface area contributed by atoms with Crippen molar-refractivity contribution in [3.8, 4) is 0 Å². The summed E-state index contributed by atoms with van der Waals surface area (Å²) in [6.45, 7) is 6.57. The fraction of sp³-hybridized carbons (Fsp3) is 0.469. The predicted molar refractivity (Wildman–Crippen MR) is 163 cm³/mol. The zero-order chi connectivity index (χ0) is 27.6. The van der Waals surface area contributed by atoms with Crippen LogP contribution in [0.3, 0.4) is 0 Å². The minimum atomic E-state index is -0.0597. The normalized spacial score (nSPS) is 20.5. The molecule has 2 aliphatic rings. The largest absolute Gasteiger partial charge is 0.384 e. The number of aromatic nitrogens is 1. The van der Waals surface area contributed by atoms with Crippen molar-refractivity contribution in [1.29, 1.82) is 0 Å². The molecule has 3 N–H and O–H groups in total. The van der Waals surface area contributed by atoms with Crippen molar-refractivity contribution >= 4 is 27.5 Å². The summed E-state index contributed by atoms with van der Waals surface area (Å²) in [5.41, 5.74) is 11.2. The maximum absolute atomic E-state index is 14.1. The number of halogens is 1. The number of likely N-dealkylation sites (tertiary alicyclic amines) is 1. The summed E-state index contributed by atoms with van der Waals surface area (Å²) in [6.07, 6.45) is 12.5. The van der Waals surface area contributed by atoms with Crippen molar-refractivity contribution in [1.82, 2.24) is 15.2 Å². The minimum absolute atomic E-state index is 0.0597. The predicted octanol–water partition coefficient (Wildman–Crippen LogP) is 6.31. The number of carbonyl (C=O) groups is 1. The lowest BCUT2D eigenvalue weighted by atomic mass is 9.82. The first-order valence-corrected chi connectivity index (χ1v) is 15.0. The lowest BCUT2D eigenvalue weighted by Crippen LogP contribution is -2.45. The van der Waals surface area contributed by atoms with E-state index in [1.165, 1.54) is 12.8 Å². The molecule has 2 heterocycles. The summed E-state index contributed by atoms with van der Waals surface area (Å²) < 4.78 is 0.936. The van der Waals surface area contributed by atoms with Gasteiger partial charge in [-0.25, -0.2) is 0 Å². The van der Waals surface area contributed by atoms with E-state index in [2.05, 4.69) is 74.5 Å². The van der Waals surface area contributed by atoms with Crippen LogP contribution < -0.4 is 11.1 Å². The number of piperidine rings is 1. The Morgan fingerprint density at radius 2 is 1.92 bits per heavy atom. The number of allylic oxidation sites excluding steroid dienone is 3. The molecule has 0 spiro atoms. The van der Waals surface area contributed by atoms with Crippen molar-refractivity contribution in [2.45, 2.75) is 64.8 Å². The smallest absolute Gasteiger partial charge is 0.230 e. The molecule has 0 radical (unpaired) electrons. The van der Waals surface area contributed by atoms with Gasteiger partial charge in [-0.15, -0.1) is 0 Å². The van der Waals surface area contributed by atoms with Crippen LogP contribution in [0.25, 0.3) is 0 Å². The van der Waals surface area contributed by atoms with E-state index >= 15 is 0 Å². The number of benzene rings is 1. The SMILES string of the molecule is C/C(Br)=C(CN)/N=C(\C=C(/C)NCc1cccnc1)C1CCCN(C(=O)C(c2ccccc2)C2CCCC2)C1. The number of nitrogens with one attached hydrogen (secondary N) is 1. The highest BCUT2D eigenvalue weighted by Gasteiger charge is 2.36. The van der Waals surface area contributed by atoms with E-state index in [4.69, 9.17) is 10.7 Å². The first-order chi connectivity index (χ1) is 19.0. The van der Waals surface area contributed by atoms with Crippen LogP contribution in [0.2, 0.25) is 0 Å². The van der Waals surface area contributed by atoms with Crippen LogP contribution in [0.4, 0.5) is 0 Å². The van der Waals surface area contributed by atoms with E-state index in [9.17, 15) is 4.79 Å². The summed E-state index contributed by atoms with van der Waals surface area (Å²) in [4.78, 5) is 25.5. The molecule has 7 heteroatoms. The summed E-state index contributed by atoms with van der Waals surface area (Å²) in [7, 11) is 0. The molecule has 2 aromatic rings. The van der Waals surface area contributed by atoms with E-state index in [-0.39, 0.29) is 17.7 Å². The fourth-order valence-electron chi connectivity index (χ4n) is 5.86. The molecule has 2 fully saturated rings. The Morgan fingerprint density at radius 1 is 1.15 bits per heavy atom. The molecule has 39 heavy (non-hydrogen) atoms. The third kappa shape index (κ3) is 8.12. The molecule has 208 valence electrons. The van der Waals surface area contributed by atoms with Gasteiger partial charge in [-0.05, 0) is 68.7 Å². The zero-order valence-electron chi connectivity index (χ0n) is 23.3. The number of pyridine rings is 1. The highest BCUT2D eigenvalue weighted by atomic mass is 79.9. The lowest BCUT2D eigenvalue weighted by molar-refractivity contribution is -0.135. The van der Waals surface area contributed by atoms with Crippen LogP contribution in [-0.2, 0) is 11.3 Å². The second kappa shape index (κ2) is 14.6. The molecular weight excluding hydrogens is 550 g/mol. The van der Waals surface area contributed by atoms with Gasteiger partial charge >= 0.3 is 0 Å². The Balaban J connectivity index is 1.57. The van der Waals surface area contributed by atoms with Crippen molar-refractivity contribution in [3.63, 3.8) is 0 Å². The second-order valence-electron chi connectivity index (χ2n) is 10.8. The minimum Gasteiger partial charge on any atom is -0.384 e. The number of aliphatic imine (C=N–C) groups is 1. The third-order valence-electron chi connectivity index (χ3n) is 7.96. The summed E-state index contributed by atoms with van der Waals surface area (Å²) in [5.74, 6) is 0.788. The second-order valence-corrected chi connectivity index (χ2v) is 12.0. The quantitative estimate of drug-likeness (QED) is 0.317. The van der Waals surface area contributed by atoms with Gasteiger partial charge in [-0.2, -0.15) is 0 Å². The molecule has 1 saturated carbocycles. The molecular formula is C32H42BrN5O. The van der Waals surface area contributed by atoms with Gasteiger partial charge < -0.3 is 16.0 Å². The molecule has 0 bridgehead atoms. The fourth-order valence-corrected chi connectivity index (χ4v) is 6.11. The van der Waals surface area contributed by atoms with E-state index in [1.807, 2.05) is 25.3 Å². The molecule has 1 amide bonds. The highest BCUT2D eigenvalue weighted by Crippen LogP contribution is 2.39. The number of nitrogens with two attached hydrogens (primary N) is 1. The summed E-state index contributed by atoms with van der Waals surface area (Å²) >= 11 is 3.58. The van der Waals surface area contributed by atoms with E-state index in [0.29, 0.717) is 25.6 Å². The topological polar surface area (TPSA) is 83.6 Å². The molecule has 6 nitrogen and oxygen atoms in total. The van der Waals surface area contributed by atoms with Gasteiger partial charge in [0.05, 0.1) is 11.6 Å². The third-order valence-corrected chi connectivity index (χ3v) is 8.42. The molecule has 2 atom stereocenters. The molecule has 1 saturated heterocycles. The molecule has 1 aliphatic carbocycles. The first-order valence-electron chi connectivity index (χ1n) is 14.2. The Bertz CT molecular complexity index is 1170. The Morgan fingerprint density at radius 3 is 2.59 bits per heavy atom. The summed E-state index contributed by atoms with van der Waals surface area (Å²) in [6, 6.07) is 14.4. The molecule has 4 rings (SSSR count). The number of rotatable bonds is 10. The van der Waals surface area contributed by atoms with Gasteiger partial charge in [-0.1, -0.05) is 65.2 Å². The Hall–Kier alpha value is -2.77. The molecule has 1 aromatic carbocycles. The van der Waals surface area contributed by atoms with Crippen LogP contribution in [0.15, 0.2) is 81.8 Å². The number of hydrogen-bond donors (Lipinski definition) is 2.